The summed E-state index contributed by atoms with van der Waals surface area (Å²) < 4.78 is 31.4. The van der Waals surface area contributed by atoms with Crippen molar-refractivity contribution in [2.75, 3.05) is 5.32 Å². The zero-order valence-corrected chi connectivity index (χ0v) is 13.2. The van der Waals surface area contributed by atoms with Crippen LogP contribution in [0.5, 0.6) is 5.75 Å². The Bertz CT molecular complexity index is 799. The second kappa shape index (κ2) is 7.27. The molecule has 0 aliphatic carbocycles. The Morgan fingerprint density at radius 1 is 1.17 bits per heavy atom. The van der Waals surface area contributed by atoms with Crippen LogP contribution in [0, 0.1) is 11.6 Å². The van der Waals surface area contributed by atoms with E-state index in [-0.39, 0.29) is 22.0 Å². The van der Waals surface area contributed by atoms with Gasteiger partial charge in [0.25, 0.3) is 11.8 Å². The number of rotatable bonds is 5. The molecule has 0 fully saturated rings. The predicted molar refractivity (Wildman–Crippen MR) is 85.0 cm³/mol. The van der Waals surface area contributed by atoms with Crippen LogP contribution in [-0.4, -0.2) is 17.9 Å². The van der Waals surface area contributed by atoms with E-state index in [0.717, 1.165) is 12.1 Å². The number of hydrogen-bond acceptors (Lipinski definition) is 3. The number of benzene rings is 2. The zero-order valence-electron chi connectivity index (χ0n) is 12.5. The first-order valence-corrected chi connectivity index (χ1v) is 7.17. The van der Waals surface area contributed by atoms with Gasteiger partial charge in [-0.1, -0.05) is 11.6 Å². The van der Waals surface area contributed by atoms with Crippen LogP contribution in [0.2, 0.25) is 5.02 Å². The Labute approximate surface area is 141 Å². The van der Waals surface area contributed by atoms with E-state index in [0.29, 0.717) is 0 Å². The number of ether oxygens (including phenoxy) is 1. The lowest BCUT2D eigenvalue weighted by molar-refractivity contribution is -0.122. The molecular formula is C16H13ClF2N2O3. The molecule has 0 bridgehead atoms. The number of halogens is 3. The van der Waals surface area contributed by atoms with Crippen molar-refractivity contribution in [3.8, 4) is 5.75 Å². The zero-order chi connectivity index (χ0) is 17.9. The van der Waals surface area contributed by atoms with E-state index in [1.165, 1.54) is 31.2 Å². The van der Waals surface area contributed by atoms with Crippen LogP contribution >= 0.6 is 11.6 Å². The molecule has 0 saturated heterocycles. The Morgan fingerprint density at radius 3 is 2.50 bits per heavy atom. The van der Waals surface area contributed by atoms with Gasteiger partial charge < -0.3 is 15.8 Å². The Morgan fingerprint density at radius 2 is 1.88 bits per heavy atom. The molecule has 8 heteroatoms. The summed E-state index contributed by atoms with van der Waals surface area (Å²) in [6.45, 7) is 1.43. The number of anilines is 1. The lowest BCUT2D eigenvalue weighted by Gasteiger charge is -2.16. The molecule has 0 spiro atoms. The van der Waals surface area contributed by atoms with Crippen LogP contribution in [0.4, 0.5) is 14.5 Å². The van der Waals surface area contributed by atoms with Gasteiger partial charge in [-0.3, -0.25) is 9.59 Å². The minimum Gasteiger partial charge on any atom is -0.480 e. The molecule has 2 aromatic carbocycles. The highest BCUT2D eigenvalue weighted by atomic mass is 35.5. The van der Waals surface area contributed by atoms with Gasteiger partial charge in [-0.05, 0) is 37.3 Å². The molecule has 2 rings (SSSR count). The van der Waals surface area contributed by atoms with Crippen molar-refractivity contribution in [3.63, 3.8) is 0 Å². The largest absolute Gasteiger partial charge is 0.480 e. The molecule has 2 aromatic rings. The summed E-state index contributed by atoms with van der Waals surface area (Å²) >= 11 is 5.79. The molecule has 3 N–H and O–H groups in total. The number of carbonyl (C=O) groups excluding carboxylic acids is 2. The second-order valence-corrected chi connectivity index (χ2v) is 5.32. The fourth-order valence-corrected chi connectivity index (χ4v) is 2.03. The van der Waals surface area contributed by atoms with E-state index in [2.05, 4.69) is 5.32 Å². The van der Waals surface area contributed by atoms with Crippen molar-refractivity contribution in [1.29, 1.82) is 0 Å². The summed E-state index contributed by atoms with van der Waals surface area (Å²) in [6.07, 6.45) is -1.03. The SMILES string of the molecule is CC(Oc1ccc(Cl)cc1C(N)=O)C(=O)Nc1ccc(F)c(F)c1. The van der Waals surface area contributed by atoms with Crippen molar-refractivity contribution >= 4 is 29.1 Å². The Hall–Kier alpha value is -2.67. The average Bonchev–Trinajstić information content (AvgIpc) is 2.52. The van der Waals surface area contributed by atoms with Crippen LogP contribution in [0.3, 0.4) is 0 Å². The number of hydrogen-bond donors (Lipinski definition) is 2. The van der Waals surface area contributed by atoms with E-state index in [1.807, 2.05) is 0 Å². The number of nitrogens with one attached hydrogen (secondary N) is 1. The molecule has 0 heterocycles. The third-order valence-electron chi connectivity index (χ3n) is 3.07. The maximum Gasteiger partial charge on any atom is 0.265 e. The summed E-state index contributed by atoms with van der Waals surface area (Å²) in [5, 5.41) is 2.66. The number of carbonyl (C=O) groups is 2. The molecule has 5 nitrogen and oxygen atoms in total. The van der Waals surface area contributed by atoms with Crippen molar-refractivity contribution in [3.05, 3.63) is 58.6 Å². The van der Waals surface area contributed by atoms with Crippen LogP contribution < -0.4 is 15.8 Å². The minimum absolute atomic E-state index is 0.0231. The number of nitrogens with two attached hydrogens (primary N) is 1. The lowest BCUT2D eigenvalue weighted by atomic mass is 10.2. The van der Waals surface area contributed by atoms with Gasteiger partial charge in [-0.15, -0.1) is 0 Å². The van der Waals surface area contributed by atoms with Gasteiger partial charge in [-0.25, -0.2) is 8.78 Å². The van der Waals surface area contributed by atoms with Gasteiger partial charge in [0.1, 0.15) is 5.75 Å². The van der Waals surface area contributed by atoms with Crippen LogP contribution in [0.15, 0.2) is 36.4 Å². The molecule has 1 atom stereocenters. The Kier molecular flexibility index (Phi) is 5.35. The van der Waals surface area contributed by atoms with Crippen LogP contribution in [0.1, 0.15) is 17.3 Å². The van der Waals surface area contributed by atoms with Crippen molar-refractivity contribution < 1.29 is 23.1 Å². The molecular weight excluding hydrogens is 342 g/mol. The molecule has 0 aromatic heterocycles. The Balaban J connectivity index is 2.11. The summed E-state index contributed by atoms with van der Waals surface area (Å²) in [5.74, 6) is -3.41. The molecule has 0 aliphatic rings. The lowest BCUT2D eigenvalue weighted by Crippen LogP contribution is -2.31. The maximum atomic E-state index is 13.1. The minimum atomic E-state index is -1.09. The first kappa shape index (κ1) is 17.7. The second-order valence-electron chi connectivity index (χ2n) is 4.88. The predicted octanol–water partition coefficient (Wildman–Crippen LogP) is 3.12. The van der Waals surface area contributed by atoms with E-state index in [4.69, 9.17) is 22.1 Å². The topological polar surface area (TPSA) is 81.4 Å². The highest BCUT2D eigenvalue weighted by Gasteiger charge is 2.19. The maximum absolute atomic E-state index is 13.1. The molecule has 2 amide bonds. The van der Waals surface area contributed by atoms with Crippen molar-refractivity contribution in [2.45, 2.75) is 13.0 Å². The standard InChI is InChI=1S/C16H13ClF2N2O3/c1-8(16(23)21-10-3-4-12(18)13(19)7-10)24-14-5-2-9(17)6-11(14)15(20)22/h2-8H,1H3,(H2,20,22)(H,21,23). The summed E-state index contributed by atoms with van der Waals surface area (Å²) in [6, 6.07) is 7.14. The number of primary amides is 1. The summed E-state index contributed by atoms with van der Waals surface area (Å²) in [7, 11) is 0. The molecule has 126 valence electrons. The van der Waals surface area contributed by atoms with E-state index < -0.39 is 29.6 Å². The van der Waals surface area contributed by atoms with Gasteiger partial charge >= 0.3 is 0 Å². The number of amides is 2. The van der Waals surface area contributed by atoms with E-state index in [1.54, 1.807) is 0 Å². The summed E-state index contributed by atoms with van der Waals surface area (Å²) in [4.78, 5) is 23.5. The van der Waals surface area contributed by atoms with Gasteiger partial charge in [-0.2, -0.15) is 0 Å². The summed E-state index contributed by atoms with van der Waals surface area (Å²) in [5.41, 5.74) is 5.33. The smallest absolute Gasteiger partial charge is 0.265 e. The third kappa shape index (κ3) is 4.20. The van der Waals surface area contributed by atoms with Gasteiger partial charge in [0.15, 0.2) is 17.7 Å². The molecule has 0 saturated carbocycles. The molecule has 24 heavy (non-hydrogen) atoms. The average molecular weight is 355 g/mol. The first-order chi connectivity index (χ1) is 11.3. The van der Waals surface area contributed by atoms with Gasteiger partial charge in [0, 0.05) is 16.8 Å². The molecule has 1 unspecified atom stereocenters. The van der Waals surface area contributed by atoms with Gasteiger partial charge in [0.2, 0.25) is 0 Å². The first-order valence-electron chi connectivity index (χ1n) is 6.80. The fraction of sp³-hybridized carbons (Fsp3) is 0.125. The highest BCUT2D eigenvalue weighted by Crippen LogP contribution is 2.24. The molecule has 0 radical (unpaired) electrons. The molecule has 0 aliphatic heterocycles. The van der Waals surface area contributed by atoms with Crippen LogP contribution in [0.25, 0.3) is 0 Å². The van der Waals surface area contributed by atoms with E-state index in [9.17, 15) is 18.4 Å². The van der Waals surface area contributed by atoms with Gasteiger partial charge in [0.05, 0.1) is 5.56 Å². The monoisotopic (exact) mass is 354 g/mol. The highest BCUT2D eigenvalue weighted by molar-refractivity contribution is 6.31. The normalized spacial score (nSPS) is 11.7. The van der Waals surface area contributed by atoms with Crippen molar-refractivity contribution in [1.82, 2.24) is 0 Å². The van der Waals surface area contributed by atoms with Crippen molar-refractivity contribution in [2.24, 2.45) is 5.73 Å². The quantitative estimate of drug-likeness (QED) is 0.865. The van der Waals surface area contributed by atoms with Crippen LogP contribution in [-0.2, 0) is 4.79 Å². The third-order valence-corrected chi connectivity index (χ3v) is 3.30. The fourth-order valence-electron chi connectivity index (χ4n) is 1.86. The van der Waals surface area contributed by atoms with E-state index >= 15 is 0 Å².